The van der Waals surface area contributed by atoms with E-state index >= 15 is 0 Å². The molecule has 3 N–H and O–H groups in total. The fraction of sp³-hybridized carbons (Fsp3) is 0.533. The molecule has 0 spiro atoms. The molecule has 1 aliphatic heterocycles. The number of carbonyl (C=O) groups is 1. The van der Waals surface area contributed by atoms with Crippen molar-refractivity contribution in [1.29, 1.82) is 0 Å². The summed E-state index contributed by atoms with van der Waals surface area (Å²) < 4.78 is 16.9. The van der Waals surface area contributed by atoms with Crippen LogP contribution in [0.5, 0.6) is 5.75 Å². The molecule has 0 saturated carbocycles. The van der Waals surface area contributed by atoms with E-state index in [4.69, 9.17) is 19.2 Å². The second-order valence-electron chi connectivity index (χ2n) is 6.30. The van der Waals surface area contributed by atoms with Crippen LogP contribution in [0.15, 0.2) is 16.6 Å². The molecule has 0 bridgehead atoms. The first-order valence-corrected chi connectivity index (χ1v) is 8.38. The zero-order valence-electron chi connectivity index (χ0n) is 13.8. The molecule has 0 aliphatic carbocycles. The SMILES string of the molecule is CC(C)(C)OC(=O)NCC1OB(O)c2c(OCCO)ccc(Br)c21. The van der Waals surface area contributed by atoms with Crippen LogP contribution >= 0.6 is 15.9 Å². The molecule has 0 saturated heterocycles. The highest BCUT2D eigenvalue weighted by atomic mass is 79.9. The molecule has 24 heavy (non-hydrogen) atoms. The maximum atomic E-state index is 11.8. The van der Waals surface area contributed by atoms with E-state index in [0.717, 1.165) is 4.47 Å². The highest BCUT2D eigenvalue weighted by molar-refractivity contribution is 9.10. The van der Waals surface area contributed by atoms with E-state index in [1.54, 1.807) is 32.9 Å². The van der Waals surface area contributed by atoms with Gasteiger partial charge in [-0.1, -0.05) is 15.9 Å². The van der Waals surface area contributed by atoms with Crippen LogP contribution in [-0.4, -0.2) is 48.7 Å². The quantitative estimate of drug-likeness (QED) is 0.639. The Hall–Kier alpha value is -1.29. The van der Waals surface area contributed by atoms with Crippen LogP contribution in [0.25, 0.3) is 0 Å². The van der Waals surface area contributed by atoms with Crippen molar-refractivity contribution < 1.29 is 29.1 Å². The first-order valence-electron chi connectivity index (χ1n) is 7.59. The number of fused-ring (bicyclic) bond motifs is 1. The fourth-order valence-corrected chi connectivity index (χ4v) is 2.99. The van der Waals surface area contributed by atoms with Gasteiger partial charge in [0.2, 0.25) is 0 Å². The Morgan fingerprint density at radius 1 is 1.46 bits per heavy atom. The largest absolute Gasteiger partial charge is 0.495 e. The molecule has 1 aromatic rings. The topological polar surface area (TPSA) is 97.3 Å². The maximum absolute atomic E-state index is 11.8. The Kier molecular flexibility index (Phi) is 6.14. The number of amides is 1. The summed E-state index contributed by atoms with van der Waals surface area (Å²) in [5, 5.41) is 21.7. The summed E-state index contributed by atoms with van der Waals surface area (Å²) >= 11 is 3.43. The lowest BCUT2D eigenvalue weighted by Gasteiger charge is -2.21. The van der Waals surface area contributed by atoms with E-state index in [-0.39, 0.29) is 19.8 Å². The minimum absolute atomic E-state index is 0.113. The van der Waals surface area contributed by atoms with Gasteiger partial charge in [0, 0.05) is 16.5 Å². The third kappa shape index (κ3) is 4.63. The smallest absolute Gasteiger partial charge is 0.492 e. The molecule has 1 atom stereocenters. The Morgan fingerprint density at radius 3 is 2.79 bits per heavy atom. The van der Waals surface area contributed by atoms with E-state index < -0.39 is 24.9 Å². The number of hydrogen-bond acceptors (Lipinski definition) is 6. The van der Waals surface area contributed by atoms with Gasteiger partial charge in [0.15, 0.2) is 0 Å². The second-order valence-corrected chi connectivity index (χ2v) is 7.16. The van der Waals surface area contributed by atoms with Crippen LogP contribution in [0.1, 0.15) is 32.4 Å². The van der Waals surface area contributed by atoms with Crippen LogP contribution in [-0.2, 0) is 9.39 Å². The van der Waals surface area contributed by atoms with E-state index in [9.17, 15) is 9.82 Å². The van der Waals surface area contributed by atoms with E-state index in [1.807, 2.05) is 0 Å². The van der Waals surface area contributed by atoms with Crippen LogP contribution in [0.4, 0.5) is 4.79 Å². The number of alkyl carbamates (subject to hydrolysis) is 1. The predicted octanol–water partition coefficient (Wildman–Crippen LogP) is 1.10. The lowest BCUT2D eigenvalue weighted by atomic mass is 9.78. The standard InChI is InChI=1S/C15H21BBrNO6/c1-15(2,3)23-14(20)18-8-11-12-9(17)4-5-10(22-7-6-19)13(12)16(21)24-11/h4-5,11,19,21H,6-8H2,1-3H3,(H,18,20). The molecule has 1 aliphatic rings. The maximum Gasteiger partial charge on any atom is 0.495 e. The highest BCUT2D eigenvalue weighted by Gasteiger charge is 2.39. The Morgan fingerprint density at radius 2 is 2.17 bits per heavy atom. The average Bonchev–Trinajstić information content (AvgIpc) is 2.81. The third-order valence-electron chi connectivity index (χ3n) is 3.24. The van der Waals surface area contributed by atoms with E-state index in [0.29, 0.717) is 16.8 Å². The minimum Gasteiger partial charge on any atom is -0.492 e. The summed E-state index contributed by atoms with van der Waals surface area (Å²) in [6.45, 7) is 5.45. The lowest BCUT2D eigenvalue weighted by molar-refractivity contribution is 0.0498. The molecule has 1 unspecified atom stereocenters. The molecule has 132 valence electrons. The van der Waals surface area contributed by atoms with Crippen molar-refractivity contribution in [2.75, 3.05) is 19.8 Å². The molecule has 9 heteroatoms. The van der Waals surface area contributed by atoms with Crippen LogP contribution in [0, 0.1) is 0 Å². The van der Waals surface area contributed by atoms with Crippen LogP contribution in [0.2, 0.25) is 0 Å². The van der Waals surface area contributed by atoms with Gasteiger partial charge in [-0.05, 0) is 38.5 Å². The van der Waals surface area contributed by atoms with Crippen molar-refractivity contribution in [2.45, 2.75) is 32.5 Å². The highest BCUT2D eigenvalue weighted by Crippen LogP contribution is 2.33. The first-order chi connectivity index (χ1) is 11.2. The number of aliphatic hydroxyl groups is 1. The second kappa shape index (κ2) is 7.73. The van der Waals surface area contributed by atoms with Crippen molar-refractivity contribution in [2.24, 2.45) is 0 Å². The molecule has 0 radical (unpaired) electrons. The average molecular weight is 402 g/mol. The molecular weight excluding hydrogens is 381 g/mol. The number of rotatable bonds is 5. The minimum atomic E-state index is -1.17. The van der Waals surface area contributed by atoms with Crippen molar-refractivity contribution >= 4 is 34.6 Å². The van der Waals surface area contributed by atoms with Gasteiger partial charge in [-0.2, -0.15) is 0 Å². The molecule has 1 amide bonds. The number of benzene rings is 1. The van der Waals surface area contributed by atoms with Gasteiger partial charge in [0.1, 0.15) is 18.0 Å². The normalized spacial score (nSPS) is 16.8. The van der Waals surface area contributed by atoms with Gasteiger partial charge in [-0.25, -0.2) is 4.79 Å². The van der Waals surface area contributed by atoms with Crippen LogP contribution < -0.4 is 15.5 Å². The van der Waals surface area contributed by atoms with Crippen molar-refractivity contribution in [3.05, 3.63) is 22.2 Å². The number of carbonyl (C=O) groups excluding carboxylic acids is 1. The summed E-state index contributed by atoms with van der Waals surface area (Å²) in [4.78, 5) is 11.8. The number of ether oxygens (including phenoxy) is 2. The molecule has 0 aromatic heterocycles. The van der Waals surface area contributed by atoms with Gasteiger partial charge >= 0.3 is 13.2 Å². The fourth-order valence-electron chi connectivity index (χ4n) is 2.39. The van der Waals surface area contributed by atoms with E-state index in [2.05, 4.69) is 21.2 Å². The number of nitrogens with one attached hydrogen (secondary N) is 1. The summed E-state index contributed by atoms with van der Waals surface area (Å²) in [6.07, 6.45) is -1.10. The van der Waals surface area contributed by atoms with Crippen molar-refractivity contribution in [3.63, 3.8) is 0 Å². The van der Waals surface area contributed by atoms with Crippen LogP contribution in [0.3, 0.4) is 0 Å². The summed E-state index contributed by atoms with van der Waals surface area (Å²) in [6, 6.07) is 3.46. The number of hydrogen-bond donors (Lipinski definition) is 3. The predicted molar refractivity (Wildman–Crippen MR) is 92.4 cm³/mol. The molecule has 2 rings (SSSR count). The van der Waals surface area contributed by atoms with Gasteiger partial charge < -0.3 is 29.6 Å². The van der Waals surface area contributed by atoms with Gasteiger partial charge in [-0.15, -0.1) is 0 Å². The van der Waals surface area contributed by atoms with E-state index in [1.165, 1.54) is 0 Å². The molecular formula is C15H21BBrNO6. The molecule has 7 nitrogen and oxygen atoms in total. The number of halogens is 1. The van der Waals surface area contributed by atoms with Gasteiger partial charge in [0.05, 0.1) is 12.7 Å². The summed E-state index contributed by atoms with van der Waals surface area (Å²) in [7, 11) is -1.17. The Bertz CT molecular complexity index is 606. The molecule has 1 aromatic carbocycles. The molecule has 1 heterocycles. The molecule has 0 fully saturated rings. The van der Waals surface area contributed by atoms with Gasteiger partial charge in [-0.3, -0.25) is 0 Å². The number of aliphatic hydroxyl groups excluding tert-OH is 1. The van der Waals surface area contributed by atoms with Crippen molar-refractivity contribution in [3.8, 4) is 5.75 Å². The van der Waals surface area contributed by atoms with Gasteiger partial charge in [0.25, 0.3) is 0 Å². The Balaban J connectivity index is 2.13. The zero-order chi connectivity index (χ0) is 17.9. The lowest BCUT2D eigenvalue weighted by Crippen LogP contribution is -2.35. The summed E-state index contributed by atoms with van der Waals surface area (Å²) in [5.74, 6) is 0.439. The van der Waals surface area contributed by atoms with Crippen molar-refractivity contribution in [1.82, 2.24) is 5.32 Å². The first kappa shape index (κ1) is 19.0. The monoisotopic (exact) mass is 401 g/mol. The zero-order valence-corrected chi connectivity index (χ0v) is 15.4. The summed E-state index contributed by atoms with van der Waals surface area (Å²) in [5.41, 5.74) is 0.604. The third-order valence-corrected chi connectivity index (χ3v) is 3.93. The Labute approximate surface area is 149 Å².